The minimum atomic E-state index is -0.222. The molecule has 0 unspecified atom stereocenters. The predicted octanol–water partition coefficient (Wildman–Crippen LogP) is 5.61. The molecule has 174 valence electrons. The molecule has 0 saturated carbocycles. The van der Waals surface area contributed by atoms with Crippen LogP contribution in [0.25, 0.3) is 27.6 Å². The van der Waals surface area contributed by atoms with E-state index in [0.29, 0.717) is 9.14 Å². The maximum absolute atomic E-state index is 12.6. The Hall–Kier alpha value is -3.12. The number of para-hydroxylation sites is 1. The summed E-state index contributed by atoms with van der Waals surface area (Å²) < 4.78 is 3.71. The van der Waals surface area contributed by atoms with E-state index in [9.17, 15) is 4.79 Å². The molecule has 5 aromatic rings. The molecule has 1 amide bonds. The molecule has 0 atom stereocenters. The van der Waals surface area contributed by atoms with Crippen LogP contribution in [-0.2, 0) is 4.79 Å². The van der Waals surface area contributed by atoms with Crippen molar-refractivity contribution in [2.24, 2.45) is 5.10 Å². The van der Waals surface area contributed by atoms with Crippen LogP contribution in [0.4, 0.5) is 0 Å². The zero-order chi connectivity index (χ0) is 24.0. The first-order chi connectivity index (χ1) is 17.2. The Bertz CT molecular complexity index is 1520. The number of nitrogens with zero attached hydrogens (tertiary/aromatic N) is 5. The van der Waals surface area contributed by atoms with E-state index >= 15 is 0 Å². The summed E-state index contributed by atoms with van der Waals surface area (Å²) in [5, 5.41) is 15.5. The van der Waals surface area contributed by atoms with Gasteiger partial charge in [-0.1, -0.05) is 81.5 Å². The van der Waals surface area contributed by atoms with Gasteiger partial charge in [0.05, 0.1) is 11.4 Å². The van der Waals surface area contributed by atoms with Gasteiger partial charge in [0.2, 0.25) is 4.80 Å². The van der Waals surface area contributed by atoms with Crippen molar-refractivity contribution in [3.63, 3.8) is 0 Å². The van der Waals surface area contributed by atoms with Crippen molar-refractivity contribution in [3.8, 4) is 27.6 Å². The van der Waals surface area contributed by atoms with E-state index in [1.54, 1.807) is 6.20 Å². The summed E-state index contributed by atoms with van der Waals surface area (Å²) in [7, 11) is 0. The number of halogens is 1. The van der Waals surface area contributed by atoms with Crippen LogP contribution in [0.3, 0.4) is 0 Å². The summed E-state index contributed by atoms with van der Waals surface area (Å²) >= 11 is 7.83. The van der Waals surface area contributed by atoms with Crippen LogP contribution in [0.1, 0.15) is 0 Å². The number of thioether (sulfide) groups is 1. The van der Waals surface area contributed by atoms with Crippen LogP contribution >= 0.6 is 50.4 Å². The zero-order valence-electron chi connectivity index (χ0n) is 18.0. The number of rotatable bonds is 7. The number of carbonyl (C=O) groups excluding carboxylic acids is 1. The van der Waals surface area contributed by atoms with Crippen molar-refractivity contribution < 1.29 is 4.79 Å². The van der Waals surface area contributed by atoms with Gasteiger partial charge in [0.1, 0.15) is 5.69 Å². The largest absolute Gasteiger partial charge is 0.284 e. The van der Waals surface area contributed by atoms with Crippen LogP contribution in [0.2, 0.25) is 0 Å². The van der Waals surface area contributed by atoms with Crippen LogP contribution in [0.15, 0.2) is 98.3 Å². The molecule has 0 spiro atoms. The Labute approximate surface area is 221 Å². The second-order valence-electron chi connectivity index (χ2n) is 7.08. The molecule has 0 bridgehead atoms. The zero-order valence-corrected chi connectivity index (χ0v) is 22.1. The highest BCUT2D eigenvalue weighted by Crippen LogP contribution is 2.30. The van der Waals surface area contributed by atoms with Gasteiger partial charge in [0, 0.05) is 27.3 Å². The van der Waals surface area contributed by atoms with Crippen molar-refractivity contribution >= 4 is 56.3 Å². The number of thiazole rings is 1. The minimum Gasteiger partial charge on any atom is -0.284 e. The summed E-state index contributed by atoms with van der Waals surface area (Å²) in [6, 6.07) is 23.6. The van der Waals surface area contributed by atoms with Crippen molar-refractivity contribution in [1.29, 1.82) is 0 Å². The second-order valence-corrected chi connectivity index (χ2v) is 11.0. The van der Waals surface area contributed by atoms with Gasteiger partial charge >= 0.3 is 0 Å². The van der Waals surface area contributed by atoms with Gasteiger partial charge < -0.3 is 0 Å². The Balaban J connectivity index is 1.34. The number of aromatic nitrogens is 4. The fourth-order valence-corrected chi connectivity index (χ4v) is 6.17. The van der Waals surface area contributed by atoms with Crippen molar-refractivity contribution in [2.45, 2.75) is 4.34 Å². The molecule has 3 aromatic heterocycles. The van der Waals surface area contributed by atoms with Crippen molar-refractivity contribution in [1.82, 2.24) is 25.2 Å². The smallest absolute Gasteiger partial charge is 0.250 e. The van der Waals surface area contributed by atoms with Gasteiger partial charge in [-0.15, -0.1) is 26.6 Å². The van der Waals surface area contributed by atoms with E-state index in [0.717, 1.165) is 32.1 Å². The van der Waals surface area contributed by atoms with E-state index in [1.807, 2.05) is 82.7 Å². The Morgan fingerprint density at radius 3 is 2.63 bits per heavy atom. The minimum absolute atomic E-state index is 0.175. The lowest BCUT2D eigenvalue weighted by Gasteiger charge is -2.10. The molecule has 35 heavy (non-hydrogen) atoms. The average Bonchev–Trinajstić information content (AvgIpc) is 3.55. The number of nitrogens with one attached hydrogen (secondary N) is 1. The fourth-order valence-electron chi connectivity index (χ4n) is 3.20. The monoisotopic (exact) mass is 580 g/mol. The highest BCUT2D eigenvalue weighted by Gasteiger charge is 2.13. The molecule has 1 N–H and O–H groups in total. The second kappa shape index (κ2) is 11.1. The standard InChI is InChI=1S/C24H17BrN6OS3/c25-18-11-5-4-10-17(18)20-14-33-23(31(20)16-8-2-1-3-9-16)29-27-21(32)15-34-24-30-28-22(35-24)19-12-6-7-13-26-19/h1-14H,15H2,(H,27,32)/b29-23+. The topological polar surface area (TPSA) is 85.1 Å². The molecule has 11 heteroatoms. The molecule has 3 heterocycles. The summed E-state index contributed by atoms with van der Waals surface area (Å²) in [5.74, 6) is -0.0474. The molecule has 7 nitrogen and oxygen atoms in total. The van der Waals surface area contributed by atoms with Crippen molar-refractivity contribution in [2.75, 3.05) is 5.75 Å². The Kier molecular flexibility index (Phi) is 7.48. The lowest BCUT2D eigenvalue weighted by molar-refractivity contribution is -0.118. The molecule has 0 aliphatic carbocycles. The van der Waals surface area contributed by atoms with Gasteiger partial charge in [-0.3, -0.25) is 14.3 Å². The molecule has 0 aliphatic heterocycles. The van der Waals surface area contributed by atoms with Crippen molar-refractivity contribution in [3.05, 3.63) is 93.6 Å². The number of hydrogen-bond donors (Lipinski definition) is 1. The number of benzene rings is 2. The number of pyridine rings is 1. The molecule has 0 aliphatic rings. The van der Waals surface area contributed by atoms with Gasteiger partial charge in [-0.2, -0.15) is 0 Å². The Morgan fingerprint density at radius 2 is 1.83 bits per heavy atom. The first kappa shape index (κ1) is 23.6. The predicted molar refractivity (Wildman–Crippen MR) is 144 cm³/mol. The highest BCUT2D eigenvalue weighted by molar-refractivity contribution is 9.10. The number of carbonyl (C=O) groups is 1. The van der Waals surface area contributed by atoms with Gasteiger partial charge in [-0.25, -0.2) is 5.43 Å². The van der Waals surface area contributed by atoms with Crippen LogP contribution < -0.4 is 10.2 Å². The quantitative estimate of drug-likeness (QED) is 0.200. The average molecular weight is 582 g/mol. The summed E-state index contributed by atoms with van der Waals surface area (Å²) in [5.41, 5.74) is 6.42. The molecular weight excluding hydrogens is 564 g/mol. The maximum atomic E-state index is 12.6. The van der Waals surface area contributed by atoms with Crippen LogP contribution in [-0.4, -0.2) is 31.4 Å². The molecule has 2 aromatic carbocycles. The normalized spacial score (nSPS) is 11.5. The van der Waals surface area contributed by atoms with Crippen LogP contribution in [0.5, 0.6) is 0 Å². The van der Waals surface area contributed by atoms with Gasteiger partial charge in [0.15, 0.2) is 9.35 Å². The third-order valence-electron chi connectivity index (χ3n) is 4.77. The molecule has 5 rings (SSSR count). The highest BCUT2D eigenvalue weighted by atomic mass is 79.9. The van der Waals surface area contributed by atoms with E-state index < -0.39 is 0 Å². The lowest BCUT2D eigenvalue weighted by Crippen LogP contribution is -2.25. The first-order valence-electron chi connectivity index (χ1n) is 10.4. The third-order valence-corrected chi connectivity index (χ3v) is 8.36. The van der Waals surface area contributed by atoms with Gasteiger partial charge in [-0.05, 0) is 30.3 Å². The van der Waals surface area contributed by atoms with Crippen LogP contribution in [0, 0.1) is 0 Å². The number of amides is 1. The molecule has 0 saturated heterocycles. The third kappa shape index (κ3) is 5.59. The fraction of sp³-hybridized carbons (Fsp3) is 0.0417. The van der Waals surface area contributed by atoms with E-state index in [2.05, 4.69) is 41.6 Å². The maximum Gasteiger partial charge on any atom is 0.250 e. The van der Waals surface area contributed by atoms with E-state index in [4.69, 9.17) is 0 Å². The van der Waals surface area contributed by atoms with E-state index in [1.165, 1.54) is 34.4 Å². The van der Waals surface area contributed by atoms with E-state index in [-0.39, 0.29) is 11.7 Å². The summed E-state index contributed by atoms with van der Waals surface area (Å²) in [6.07, 6.45) is 1.71. The SMILES string of the molecule is O=C(CSc1nnc(-c2ccccn2)s1)N/N=c1/scc(-c2ccccc2Br)n1-c1ccccc1. The number of hydrogen-bond acceptors (Lipinski definition) is 8. The molecule has 0 radical (unpaired) electrons. The summed E-state index contributed by atoms with van der Waals surface area (Å²) in [4.78, 5) is 17.5. The molecule has 0 fully saturated rings. The van der Waals surface area contributed by atoms with Gasteiger partial charge in [0.25, 0.3) is 5.91 Å². The summed E-state index contributed by atoms with van der Waals surface area (Å²) in [6.45, 7) is 0. The molecular formula is C24H17BrN6OS3. The Morgan fingerprint density at radius 1 is 1.03 bits per heavy atom. The first-order valence-corrected chi connectivity index (χ1v) is 13.9. The lowest BCUT2D eigenvalue weighted by atomic mass is 10.1.